The lowest BCUT2D eigenvalue weighted by molar-refractivity contribution is -0.134. The standard InChI is InChI=1S/C30H31N7O5/c1-21-13-27(34-30(33-21)36-10-9-31-19-36)37-12-11-35(29(39)18-40-24-5-3-2-4-6-24)17-23(37)15-28(38)32-16-22-7-8-25-26(14-22)42-20-41-25/h2-10,13-14,19,23H,11-12,15-18,20H2,1H3,(H,32,38). The highest BCUT2D eigenvalue weighted by Crippen LogP contribution is 2.32. The minimum absolute atomic E-state index is 0.0789. The van der Waals surface area contributed by atoms with Gasteiger partial charge in [-0.2, -0.15) is 4.98 Å². The van der Waals surface area contributed by atoms with Gasteiger partial charge in [-0.05, 0) is 36.8 Å². The molecule has 2 aliphatic heterocycles. The third kappa shape index (κ3) is 6.27. The van der Waals surface area contributed by atoms with Gasteiger partial charge < -0.3 is 29.3 Å². The summed E-state index contributed by atoms with van der Waals surface area (Å²) in [4.78, 5) is 43.6. The average molecular weight is 570 g/mol. The Kier molecular flexibility index (Phi) is 7.84. The molecule has 2 amide bonds. The molecule has 1 atom stereocenters. The van der Waals surface area contributed by atoms with Crippen LogP contribution in [0.25, 0.3) is 5.95 Å². The van der Waals surface area contributed by atoms with E-state index in [2.05, 4.69) is 20.2 Å². The van der Waals surface area contributed by atoms with Gasteiger partial charge in [-0.3, -0.25) is 14.2 Å². The molecule has 12 nitrogen and oxygen atoms in total. The number of ether oxygens (including phenoxy) is 3. The Hall–Kier alpha value is -5.13. The fourth-order valence-corrected chi connectivity index (χ4v) is 5.03. The zero-order valence-corrected chi connectivity index (χ0v) is 23.2. The van der Waals surface area contributed by atoms with Crippen molar-refractivity contribution in [2.75, 3.05) is 37.9 Å². The smallest absolute Gasteiger partial charge is 0.260 e. The first-order valence-electron chi connectivity index (χ1n) is 13.7. The fourth-order valence-electron chi connectivity index (χ4n) is 5.03. The molecule has 2 aromatic heterocycles. The van der Waals surface area contributed by atoms with Gasteiger partial charge in [0.15, 0.2) is 18.1 Å². The van der Waals surface area contributed by atoms with Crippen molar-refractivity contribution in [2.45, 2.75) is 25.9 Å². The quantitative estimate of drug-likeness (QED) is 0.324. The maximum atomic E-state index is 13.2. The van der Waals surface area contributed by atoms with Gasteiger partial charge >= 0.3 is 0 Å². The summed E-state index contributed by atoms with van der Waals surface area (Å²) in [6, 6.07) is 16.4. The first kappa shape index (κ1) is 27.1. The van der Waals surface area contributed by atoms with E-state index in [1.807, 2.05) is 61.5 Å². The second-order valence-electron chi connectivity index (χ2n) is 10.1. The van der Waals surface area contributed by atoms with E-state index in [1.165, 1.54) is 0 Å². The van der Waals surface area contributed by atoms with Crippen LogP contribution in [0.15, 0.2) is 73.3 Å². The number of carbonyl (C=O) groups is 2. The van der Waals surface area contributed by atoms with E-state index >= 15 is 0 Å². The normalized spacial score (nSPS) is 15.9. The second-order valence-corrected chi connectivity index (χ2v) is 10.1. The van der Waals surface area contributed by atoms with Gasteiger partial charge in [0, 0.05) is 56.8 Å². The number of aryl methyl sites for hydroxylation is 1. The number of benzene rings is 2. The Bertz CT molecular complexity index is 1550. The molecular weight excluding hydrogens is 538 g/mol. The van der Waals surface area contributed by atoms with Crippen LogP contribution in [0.1, 0.15) is 17.7 Å². The number of imidazole rings is 1. The molecule has 1 fully saturated rings. The van der Waals surface area contributed by atoms with Gasteiger partial charge in [0.05, 0.1) is 6.04 Å². The molecule has 0 aliphatic carbocycles. The van der Waals surface area contributed by atoms with Crippen molar-refractivity contribution in [3.8, 4) is 23.2 Å². The third-order valence-electron chi connectivity index (χ3n) is 7.15. The largest absolute Gasteiger partial charge is 0.484 e. The molecule has 1 N–H and O–H groups in total. The summed E-state index contributed by atoms with van der Waals surface area (Å²) in [5, 5.41) is 3.01. The lowest BCUT2D eigenvalue weighted by Crippen LogP contribution is -2.57. The van der Waals surface area contributed by atoms with Crippen LogP contribution < -0.4 is 24.4 Å². The summed E-state index contributed by atoms with van der Waals surface area (Å²) in [6.45, 7) is 3.67. The molecule has 12 heteroatoms. The summed E-state index contributed by atoms with van der Waals surface area (Å²) in [5.74, 6) is 2.89. The Morgan fingerprint density at radius 2 is 1.90 bits per heavy atom. The molecule has 6 rings (SSSR count). The van der Waals surface area contributed by atoms with E-state index in [1.54, 1.807) is 28.2 Å². The molecule has 0 radical (unpaired) electrons. The summed E-state index contributed by atoms with van der Waals surface area (Å²) >= 11 is 0. The van der Waals surface area contributed by atoms with Crippen LogP contribution in [0, 0.1) is 6.92 Å². The number of fused-ring (bicyclic) bond motifs is 1. The van der Waals surface area contributed by atoms with E-state index in [4.69, 9.17) is 19.2 Å². The first-order valence-corrected chi connectivity index (χ1v) is 13.7. The maximum Gasteiger partial charge on any atom is 0.260 e. The molecule has 2 aromatic carbocycles. The lowest BCUT2D eigenvalue weighted by atomic mass is 10.1. The Morgan fingerprint density at radius 1 is 1.05 bits per heavy atom. The van der Waals surface area contributed by atoms with Crippen LogP contribution in [0.5, 0.6) is 17.2 Å². The van der Waals surface area contributed by atoms with Gasteiger partial charge in [-0.15, -0.1) is 0 Å². The SMILES string of the molecule is Cc1cc(N2CCN(C(=O)COc3ccccc3)CC2CC(=O)NCc2ccc3c(c2)OCO3)nc(-n2ccnc2)n1. The lowest BCUT2D eigenvalue weighted by Gasteiger charge is -2.42. The number of rotatable bonds is 9. The van der Waals surface area contributed by atoms with E-state index < -0.39 is 0 Å². The number of carbonyl (C=O) groups excluding carboxylic acids is 2. The highest BCUT2D eigenvalue weighted by atomic mass is 16.7. The van der Waals surface area contributed by atoms with Crippen molar-refractivity contribution in [1.29, 1.82) is 0 Å². The topological polar surface area (TPSA) is 124 Å². The number of piperazine rings is 1. The third-order valence-corrected chi connectivity index (χ3v) is 7.15. The molecular formula is C30H31N7O5. The van der Waals surface area contributed by atoms with Gasteiger partial charge in [-0.1, -0.05) is 24.3 Å². The minimum Gasteiger partial charge on any atom is -0.484 e. The van der Waals surface area contributed by atoms with Crippen LogP contribution in [0.2, 0.25) is 0 Å². The summed E-state index contributed by atoms with van der Waals surface area (Å²) in [7, 11) is 0. The van der Waals surface area contributed by atoms with Crippen molar-refractivity contribution >= 4 is 17.6 Å². The van der Waals surface area contributed by atoms with Crippen LogP contribution in [0.4, 0.5) is 5.82 Å². The van der Waals surface area contributed by atoms with Crippen molar-refractivity contribution in [3.05, 3.63) is 84.6 Å². The van der Waals surface area contributed by atoms with Crippen LogP contribution >= 0.6 is 0 Å². The molecule has 0 saturated carbocycles. The number of nitrogens with zero attached hydrogens (tertiary/aromatic N) is 6. The van der Waals surface area contributed by atoms with Gasteiger partial charge in [0.2, 0.25) is 18.6 Å². The molecule has 4 aromatic rings. The van der Waals surface area contributed by atoms with Crippen LogP contribution in [-0.2, 0) is 16.1 Å². The van der Waals surface area contributed by atoms with Gasteiger partial charge in [0.1, 0.15) is 17.9 Å². The zero-order chi connectivity index (χ0) is 28.9. The zero-order valence-electron chi connectivity index (χ0n) is 23.2. The monoisotopic (exact) mass is 569 g/mol. The fraction of sp³-hybridized carbons (Fsp3) is 0.300. The predicted octanol–water partition coefficient (Wildman–Crippen LogP) is 2.50. The number of hydrogen-bond donors (Lipinski definition) is 1. The number of anilines is 1. The predicted molar refractivity (Wildman–Crippen MR) is 153 cm³/mol. The van der Waals surface area contributed by atoms with Crippen LogP contribution in [0.3, 0.4) is 0 Å². The molecule has 42 heavy (non-hydrogen) atoms. The van der Waals surface area contributed by atoms with Crippen molar-refractivity contribution < 1.29 is 23.8 Å². The number of nitrogens with one attached hydrogen (secondary N) is 1. The second kappa shape index (κ2) is 12.2. The molecule has 0 bridgehead atoms. The molecule has 4 heterocycles. The van der Waals surface area contributed by atoms with E-state index in [9.17, 15) is 9.59 Å². The maximum absolute atomic E-state index is 13.2. The number of para-hydroxylation sites is 1. The molecule has 1 saturated heterocycles. The summed E-state index contributed by atoms with van der Waals surface area (Å²) in [5.41, 5.74) is 1.68. The highest BCUT2D eigenvalue weighted by molar-refractivity contribution is 5.80. The van der Waals surface area contributed by atoms with Crippen molar-refractivity contribution in [2.24, 2.45) is 0 Å². The number of amides is 2. The Balaban J connectivity index is 1.17. The molecule has 0 spiro atoms. The number of aromatic nitrogens is 4. The van der Waals surface area contributed by atoms with Gasteiger partial charge in [-0.25, -0.2) is 9.97 Å². The Morgan fingerprint density at radius 3 is 2.74 bits per heavy atom. The van der Waals surface area contributed by atoms with Gasteiger partial charge in [0.25, 0.3) is 5.91 Å². The first-order chi connectivity index (χ1) is 20.5. The molecule has 216 valence electrons. The highest BCUT2D eigenvalue weighted by Gasteiger charge is 2.32. The van der Waals surface area contributed by atoms with Crippen molar-refractivity contribution in [1.82, 2.24) is 29.7 Å². The van der Waals surface area contributed by atoms with E-state index in [0.29, 0.717) is 55.2 Å². The number of hydrogen-bond acceptors (Lipinski definition) is 9. The molecule has 2 aliphatic rings. The Labute approximate surface area is 242 Å². The summed E-state index contributed by atoms with van der Waals surface area (Å²) < 4.78 is 18.3. The van der Waals surface area contributed by atoms with Crippen LogP contribution in [-0.4, -0.2) is 75.3 Å². The minimum atomic E-state index is -0.318. The average Bonchev–Trinajstić information content (AvgIpc) is 3.72. The molecule has 1 unspecified atom stereocenters. The van der Waals surface area contributed by atoms with E-state index in [0.717, 1.165) is 11.3 Å². The van der Waals surface area contributed by atoms with Crippen molar-refractivity contribution in [3.63, 3.8) is 0 Å². The summed E-state index contributed by atoms with van der Waals surface area (Å²) in [6.07, 6.45) is 5.25. The van der Waals surface area contributed by atoms with E-state index in [-0.39, 0.29) is 37.7 Å².